The molecular weight excluding hydrogens is 174 g/mol. The molecule has 0 bridgehead atoms. The molecule has 1 aliphatic rings. The Morgan fingerprint density at radius 2 is 2.07 bits per heavy atom. The van der Waals surface area contributed by atoms with Crippen LogP contribution in [0.2, 0.25) is 0 Å². The normalized spacial score (nSPS) is 26.7. The van der Waals surface area contributed by atoms with Gasteiger partial charge in [-0.15, -0.1) is 0 Å². The Labute approximate surface area is 85.3 Å². The van der Waals surface area contributed by atoms with Crippen LogP contribution >= 0.6 is 0 Å². The van der Waals surface area contributed by atoms with Crippen molar-refractivity contribution in [1.82, 2.24) is 5.32 Å². The SMILES string of the molecule is Cc1ccc(CC2(C)NCCO2)cc1. The zero-order chi connectivity index (χ0) is 10.0. The third kappa shape index (κ3) is 2.14. The highest BCUT2D eigenvalue weighted by Crippen LogP contribution is 2.18. The summed E-state index contributed by atoms with van der Waals surface area (Å²) in [4.78, 5) is 0. The van der Waals surface area contributed by atoms with Crippen molar-refractivity contribution in [3.63, 3.8) is 0 Å². The van der Waals surface area contributed by atoms with Crippen molar-refractivity contribution >= 4 is 0 Å². The monoisotopic (exact) mass is 191 g/mol. The summed E-state index contributed by atoms with van der Waals surface area (Å²) in [5.41, 5.74) is 2.47. The van der Waals surface area contributed by atoms with E-state index in [0.29, 0.717) is 0 Å². The van der Waals surface area contributed by atoms with Gasteiger partial charge in [0.05, 0.1) is 6.61 Å². The van der Waals surface area contributed by atoms with E-state index in [2.05, 4.69) is 43.4 Å². The highest BCUT2D eigenvalue weighted by molar-refractivity contribution is 5.22. The van der Waals surface area contributed by atoms with Gasteiger partial charge in [0.15, 0.2) is 0 Å². The molecule has 1 aliphatic heterocycles. The second kappa shape index (κ2) is 3.71. The number of rotatable bonds is 2. The molecule has 1 saturated heterocycles. The van der Waals surface area contributed by atoms with Crippen LogP contribution in [0.25, 0.3) is 0 Å². The van der Waals surface area contributed by atoms with Gasteiger partial charge in [0.1, 0.15) is 5.72 Å². The zero-order valence-electron chi connectivity index (χ0n) is 8.84. The molecule has 1 N–H and O–H groups in total. The molecule has 2 nitrogen and oxygen atoms in total. The van der Waals surface area contributed by atoms with Crippen LogP contribution in [0.5, 0.6) is 0 Å². The minimum absolute atomic E-state index is 0.157. The first kappa shape index (κ1) is 9.69. The molecule has 1 fully saturated rings. The molecule has 0 aliphatic carbocycles. The number of ether oxygens (including phenoxy) is 1. The molecule has 14 heavy (non-hydrogen) atoms. The molecule has 1 unspecified atom stereocenters. The number of hydrogen-bond acceptors (Lipinski definition) is 2. The highest BCUT2D eigenvalue weighted by Gasteiger charge is 2.28. The topological polar surface area (TPSA) is 21.3 Å². The molecule has 0 spiro atoms. The lowest BCUT2D eigenvalue weighted by molar-refractivity contribution is 0.00702. The largest absolute Gasteiger partial charge is 0.359 e. The van der Waals surface area contributed by atoms with Gasteiger partial charge in [0.25, 0.3) is 0 Å². The number of benzene rings is 1. The number of hydrogen-bond donors (Lipinski definition) is 1. The summed E-state index contributed by atoms with van der Waals surface area (Å²) >= 11 is 0. The Morgan fingerprint density at radius 3 is 2.64 bits per heavy atom. The minimum Gasteiger partial charge on any atom is -0.359 e. The van der Waals surface area contributed by atoms with Crippen molar-refractivity contribution in [2.45, 2.75) is 26.0 Å². The summed E-state index contributed by atoms with van der Waals surface area (Å²) in [7, 11) is 0. The predicted octanol–water partition coefficient (Wildman–Crippen LogP) is 1.87. The second-order valence-corrected chi connectivity index (χ2v) is 4.17. The summed E-state index contributed by atoms with van der Waals surface area (Å²) in [5, 5.41) is 3.37. The molecular formula is C12H17NO. The molecule has 1 aromatic rings. The summed E-state index contributed by atoms with van der Waals surface area (Å²) in [6.45, 7) is 6.00. The Balaban J connectivity index is 2.06. The van der Waals surface area contributed by atoms with Crippen LogP contribution in [0.4, 0.5) is 0 Å². The van der Waals surface area contributed by atoms with E-state index in [9.17, 15) is 0 Å². The van der Waals surface area contributed by atoms with Gasteiger partial charge in [-0.05, 0) is 19.4 Å². The molecule has 1 aromatic carbocycles. The smallest absolute Gasteiger partial charge is 0.120 e. The van der Waals surface area contributed by atoms with Crippen LogP contribution in [-0.2, 0) is 11.2 Å². The first-order chi connectivity index (χ1) is 6.68. The Morgan fingerprint density at radius 1 is 1.36 bits per heavy atom. The lowest BCUT2D eigenvalue weighted by Crippen LogP contribution is -2.39. The molecule has 1 heterocycles. The van der Waals surface area contributed by atoms with Crippen molar-refractivity contribution < 1.29 is 4.74 Å². The molecule has 2 heteroatoms. The average molecular weight is 191 g/mol. The molecule has 0 aromatic heterocycles. The van der Waals surface area contributed by atoms with Crippen LogP contribution in [0, 0.1) is 6.92 Å². The average Bonchev–Trinajstić information content (AvgIpc) is 2.57. The van der Waals surface area contributed by atoms with Crippen LogP contribution in [0.1, 0.15) is 18.1 Å². The number of aryl methyl sites for hydroxylation is 1. The second-order valence-electron chi connectivity index (χ2n) is 4.17. The highest BCUT2D eigenvalue weighted by atomic mass is 16.5. The fourth-order valence-corrected chi connectivity index (χ4v) is 1.85. The Kier molecular flexibility index (Phi) is 2.57. The third-order valence-electron chi connectivity index (χ3n) is 2.68. The Hall–Kier alpha value is -0.860. The lowest BCUT2D eigenvalue weighted by atomic mass is 10.0. The fraction of sp³-hybridized carbons (Fsp3) is 0.500. The fourth-order valence-electron chi connectivity index (χ4n) is 1.85. The molecule has 1 atom stereocenters. The van der Waals surface area contributed by atoms with Crippen LogP contribution in [0.15, 0.2) is 24.3 Å². The van der Waals surface area contributed by atoms with Gasteiger partial charge in [0, 0.05) is 13.0 Å². The zero-order valence-corrected chi connectivity index (χ0v) is 8.84. The van der Waals surface area contributed by atoms with Gasteiger partial charge in [-0.2, -0.15) is 0 Å². The summed E-state index contributed by atoms with van der Waals surface area (Å²) < 4.78 is 5.66. The maximum atomic E-state index is 5.66. The Bertz CT molecular complexity index is 299. The first-order valence-corrected chi connectivity index (χ1v) is 5.12. The van der Waals surface area contributed by atoms with Gasteiger partial charge < -0.3 is 4.74 Å². The van der Waals surface area contributed by atoms with Crippen molar-refractivity contribution in [2.24, 2.45) is 0 Å². The van der Waals surface area contributed by atoms with E-state index in [1.807, 2.05) is 0 Å². The summed E-state index contributed by atoms with van der Waals surface area (Å²) in [6.07, 6.45) is 0.938. The lowest BCUT2D eigenvalue weighted by Gasteiger charge is -2.23. The van der Waals surface area contributed by atoms with Gasteiger partial charge in [-0.3, -0.25) is 5.32 Å². The molecule has 0 saturated carbocycles. The summed E-state index contributed by atoms with van der Waals surface area (Å²) in [6, 6.07) is 8.63. The minimum atomic E-state index is -0.157. The van der Waals surface area contributed by atoms with Crippen molar-refractivity contribution in [3.05, 3.63) is 35.4 Å². The van der Waals surface area contributed by atoms with Crippen LogP contribution < -0.4 is 5.32 Å². The summed E-state index contributed by atoms with van der Waals surface area (Å²) in [5.74, 6) is 0. The van der Waals surface area contributed by atoms with Gasteiger partial charge in [-0.1, -0.05) is 29.8 Å². The quantitative estimate of drug-likeness (QED) is 0.770. The standard InChI is InChI=1S/C12H17NO/c1-10-3-5-11(6-4-10)9-12(2)13-7-8-14-12/h3-6,13H,7-9H2,1-2H3. The van der Waals surface area contributed by atoms with Crippen molar-refractivity contribution in [1.29, 1.82) is 0 Å². The maximum absolute atomic E-state index is 5.66. The van der Waals surface area contributed by atoms with E-state index >= 15 is 0 Å². The maximum Gasteiger partial charge on any atom is 0.120 e. The van der Waals surface area contributed by atoms with E-state index in [1.165, 1.54) is 11.1 Å². The van der Waals surface area contributed by atoms with E-state index in [4.69, 9.17) is 4.74 Å². The predicted molar refractivity (Wildman–Crippen MR) is 57.2 cm³/mol. The van der Waals surface area contributed by atoms with Gasteiger partial charge in [0.2, 0.25) is 0 Å². The molecule has 0 amide bonds. The first-order valence-electron chi connectivity index (χ1n) is 5.12. The van der Waals surface area contributed by atoms with E-state index in [1.54, 1.807) is 0 Å². The van der Waals surface area contributed by atoms with Crippen LogP contribution in [-0.4, -0.2) is 18.9 Å². The van der Waals surface area contributed by atoms with Crippen molar-refractivity contribution in [2.75, 3.05) is 13.2 Å². The third-order valence-corrected chi connectivity index (χ3v) is 2.68. The molecule has 2 rings (SSSR count). The van der Waals surface area contributed by atoms with E-state index < -0.39 is 0 Å². The van der Waals surface area contributed by atoms with E-state index in [-0.39, 0.29) is 5.72 Å². The molecule has 0 radical (unpaired) electrons. The number of nitrogens with one attached hydrogen (secondary N) is 1. The van der Waals surface area contributed by atoms with Gasteiger partial charge >= 0.3 is 0 Å². The van der Waals surface area contributed by atoms with Gasteiger partial charge in [-0.25, -0.2) is 0 Å². The van der Waals surface area contributed by atoms with Crippen LogP contribution in [0.3, 0.4) is 0 Å². The van der Waals surface area contributed by atoms with Crippen molar-refractivity contribution in [3.8, 4) is 0 Å². The molecule has 76 valence electrons. The van der Waals surface area contributed by atoms with E-state index in [0.717, 1.165) is 19.6 Å².